The van der Waals surface area contributed by atoms with Gasteiger partial charge in [-0.3, -0.25) is 0 Å². The van der Waals surface area contributed by atoms with Crippen LogP contribution in [-0.2, 0) is 0 Å². The van der Waals surface area contributed by atoms with Gasteiger partial charge in [0.2, 0.25) is 11.0 Å². The second-order valence-electron chi connectivity index (χ2n) is 3.90. The van der Waals surface area contributed by atoms with E-state index < -0.39 is 12.2 Å². The first kappa shape index (κ1) is 15.4. The minimum absolute atomic E-state index is 0.312. The molecular weight excluding hydrogens is 298 g/mol. The lowest BCUT2D eigenvalue weighted by Crippen LogP contribution is -2.00. The van der Waals surface area contributed by atoms with Crippen LogP contribution >= 0.6 is 11.8 Å². The zero-order chi connectivity index (χ0) is 15.2. The molecule has 0 amide bonds. The van der Waals surface area contributed by atoms with Crippen molar-refractivity contribution in [1.82, 2.24) is 14.9 Å². The van der Waals surface area contributed by atoms with E-state index in [9.17, 15) is 8.78 Å². The Morgan fingerprint density at radius 2 is 2.05 bits per heavy atom. The van der Waals surface area contributed by atoms with Gasteiger partial charge in [-0.2, -0.15) is 9.78 Å². The first-order valence-electron chi connectivity index (χ1n) is 6.20. The normalized spacial score (nSPS) is 11.5. The molecule has 0 bridgehead atoms. The average Bonchev–Trinajstić information content (AvgIpc) is 2.90. The molecule has 0 aliphatic rings. The number of aromatic nitrogens is 3. The first-order valence-corrected chi connectivity index (χ1v) is 7.42. The van der Waals surface area contributed by atoms with Crippen LogP contribution < -0.4 is 4.74 Å². The molecule has 0 radical (unpaired) electrons. The molecule has 0 unspecified atom stereocenters. The van der Waals surface area contributed by atoms with Gasteiger partial charge in [-0.25, -0.2) is 8.78 Å². The van der Waals surface area contributed by atoms with Crippen molar-refractivity contribution in [2.75, 3.05) is 12.9 Å². The van der Waals surface area contributed by atoms with Gasteiger partial charge >= 0.3 is 0 Å². The van der Waals surface area contributed by atoms with Crippen molar-refractivity contribution in [3.63, 3.8) is 0 Å². The minimum atomic E-state index is -2.73. The van der Waals surface area contributed by atoms with Crippen molar-refractivity contribution in [2.45, 2.75) is 18.5 Å². The lowest BCUT2D eigenvalue weighted by molar-refractivity contribution is 0.135. The first-order chi connectivity index (χ1) is 10.2. The second kappa shape index (κ2) is 7.16. The number of ether oxygens (including phenoxy) is 1. The molecule has 0 saturated heterocycles. The van der Waals surface area contributed by atoms with Crippen LogP contribution in [-0.4, -0.2) is 34.0 Å². The van der Waals surface area contributed by atoms with E-state index >= 15 is 0 Å². The number of halogens is 2. The fraction of sp³-hybridized carbons (Fsp3) is 0.308. The van der Waals surface area contributed by atoms with E-state index in [0.29, 0.717) is 11.8 Å². The van der Waals surface area contributed by atoms with Gasteiger partial charge in [-0.05, 0) is 43.0 Å². The summed E-state index contributed by atoms with van der Waals surface area (Å²) in [6, 6.07) is 7.17. The van der Waals surface area contributed by atoms with Gasteiger partial charge in [-0.1, -0.05) is 11.8 Å². The maximum absolute atomic E-state index is 12.8. The molecule has 1 aromatic carbocycles. The number of hydrogen-bond acceptors (Lipinski definition) is 5. The molecule has 2 rings (SSSR count). The Morgan fingerprint density at radius 3 is 2.62 bits per heavy atom. The Hall–Kier alpha value is -1.96. The lowest BCUT2D eigenvalue weighted by atomic mass is 10.2. The van der Waals surface area contributed by atoms with Crippen LogP contribution in [0, 0.1) is 0 Å². The van der Waals surface area contributed by atoms with Crippen LogP contribution in [0.4, 0.5) is 8.78 Å². The van der Waals surface area contributed by atoms with Crippen LogP contribution in [0.5, 0.6) is 5.75 Å². The Morgan fingerprint density at radius 1 is 1.33 bits per heavy atom. The van der Waals surface area contributed by atoms with Gasteiger partial charge in [0.05, 0.1) is 12.8 Å². The number of rotatable bonds is 6. The summed E-state index contributed by atoms with van der Waals surface area (Å²) in [6.45, 7) is 2.49. The van der Waals surface area contributed by atoms with E-state index in [1.807, 2.05) is 6.92 Å². The van der Waals surface area contributed by atoms with E-state index in [2.05, 4.69) is 15.3 Å². The van der Waals surface area contributed by atoms with Crippen molar-refractivity contribution in [3.05, 3.63) is 35.7 Å². The maximum Gasteiger partial charge on any atom is 0.299 e. The summed E-state index contributed by atoms with van der Waals surface area (Å²) >= 11 is 1.20. The average molecular weight is 312 g/mol. The Balaban J connectivity index is 2.22. The van der Waals surface area contributed by atoms with E-state index in [0.717, 1.165) is 16.0 Å². The van der Waals surface area contributed by atoms with Crippen LogP contribution in [0.3, 0.4) is 0 Å². The third-order valence-electron chi connectivity index (χ3n) is 2.53. The zero-order valence-corrected chi connectivity index (χ0v) is 12.3. The van der Waals surface area contributed by atoms with Crippen molar-refractivity contribution < 1.29 is 13.5 Å². The highest BCUT2D eigenvalue weighted by Gasteiger charge is 2.19. The summed E-state index contributed by atoms with van der Waals surface area (Å²) in [5.74, 6) is 0.276. The van der Waals surface area contributed by atoms with E-state index in [-0.39, 0.29) is 0 Å². The van der Waals surface area contributed by atoms with Crippen LogP contribution in [0.2, 0.25) is 0 Å². The molecular formula is C13H14F2N4OS. The topological polar surface area (TPSA) is 52.3 Å². The lowest BCUT2D eigenvalue weighted by Gasteiger charge is -2.03. The predicted molar refractivity (Wildman–Crippen MR) is 77.4 cm³/mol. The molecule has 1 heterocycles. The Bertz CT molecular complexity index is 613. The van der Waals surface area contributed by atoms with E-state index in [1.165, 1.54) is 18.0 Å². The SMILES string of the molecule is CCOc1ccc(/C=N\n2c(SC)nnc2C(F)F)cc1. The van der Waals surface area contributed by atoms with Crippen molar-refractivity contribution in [2.24, 2.45) is 5.10 Å². The molecule has 0 saturated carbocycles. The predicted octanol–water partition coefficient (Wildman–Crippen LogP) is 3.22. The smallest absolute Gasteiger partial charge is 0.299 e. The van der Waals surface area contributed by atoms with Crippen molar-refractivity contribution in [3.8, 4) is 5.75 Å². The van der Waals surface area contributed by atoms with Crippen LogP contribution in [0.25, 0.3) is 0 Å². The highest BCUT2D eigenvalue weighted by Crippen LogP contribution is 2.21. The maximum atomic E-state index is 12.8. The standard InChI is InChI=1S/C13H14F2N4OS/c1-3-20-10-6-4-9(5-7-10)8-16-19-12(11(14)15)17-18-13(19)21-2/h4-8,11H,3H2,1-2H3/b16-8-. The van der Waals surface area contributed by atoms with E-state index in [4.69, 9.17) is 4.74 Å². The fourth-order valence-corrected chi connectivity index (χ4v) is 2.03. The number of hydrogen-bond donors (Lipinski definition) is 0. The fourth-order valence-electron chi connectivity index (χ4n) is 1.59. The summed E-state index contributed by atoms with van der Waals surface area (Å²) in [6.07, 6.45) is 0.475. The third-order valence-corrected chi connectivity index (χ3v) is 3.15. The van der Waals surface area contributed by atoms with Crippen LogP contribution in [0.15, 0.2) is 34.5 Å². The molecule has 0 atom stereocenters. The third kappa shape index (κ3) is 3.78. The summed E-state index contributed by atoms with van der Waals surface area (Å²) in [5.41, 5.74) is 0.763. The summed E-state index contributed by atoms with van der Waals surface area (Å²) in [7, 11) is 0. The van der Waals surface area contributed by atoms with Crippen molar-refractivity contribution >= 4 is 18.0 Å². The van der Waals surface area contributed by atoms with Gasteiger partial charge in [0.25, 0.3) is 6.43 Å². The molecule has 1 aromatic heterocycles. The molecule has 0 N–H and O–H groups in total. The molecule has 2 aromatic rings. The van der Waals surface area contributed by atoms with E-state index in [1.54, 1.807) is 30.5 Å². The molecule has 0 aliphatic carbocycles. The monoisotopic (exact) mass is 312 g/mol. The minimum Gasteiger partial charge on any atom is -0.494 e. The summed E-state index contributed by atoms with van der Waals surface area (Å²) in [5, 5.41) is 11.5. The highest BCUT2D eigenvalue weighted by molar-refractivity contribution is 7.98. The summed E-state index contributed by atoms with van der Waals surface area (Å²) < 4.78 is 32.0. The zero-order valence-electron chi connectivity index (χ0n) is 11.5. The largest absolute Gasteiger partial charge is 0.494 e. The molecule has 5 nitrogen and oxygen atoms in total. The van der Waals surface area contributed by atoms with Crippen LogP contribution in [0.1, 0.15) is 24.7 Å². The molecule has 8 heteroatoms. The van der Waals surface area contributed by atoms with Crippen molar-refractivity contribution in [1.29, 1.82) is 0 Å². The molecule has 21 heavy (non-hydrogen) atoms. The number of nitrogens with zero attached hydrogens (tertiary/aromatic N) is 4. The van der Waals surface area contributed by atoms with Gasteiger partial charge in [-0.15, -0.1) is 10.2 Å². The Kier molecular flexibility index (Phi) is 5.26. The number of alkyl halides is 2. The molecule has 0 fully saturated rings. The quantitative estimate of drug-likeness (QED) is 0.607. The molecule has 0 aliphatic heterocycles. The van der Waals surface area contributed by atoms with Gasteiger partial charge in [0.15, 0.2) is 0 Å². The van der Waals surface area contributed by atoms with Gasteiger partial charge < -0.3 is 4.74 Å². The van der Waals surface area contributed by atoms with Gasteiger partial charge in [0.1, 0.15) is 5.75 Å². The highest BCUT2D eigenvalue weighted by atomic mass is 32.2. The second-order valence-corrected chi connectivity index (χ2v) is 4.68. The van der Waals surface area contributed by atoms with Gasteiger partial charge in [0, 0.05) is 0 Å². The number of thioether (sulfide) groups is 1. The Labute approximate surface area is 125 Å². The number of benzene rings is 1. The molecule has 0 spiro atoms. The summed E-state index contributed by atoms with van der Waals surface area (Å²) in [4.78, 5) is 0. The molecule has 112 valence electrons.